The lowest BCUT2D eigenvalue weighted by Gasteiger charge is -2.31. The predicted octanol–water partition coefficient (Wildman–Crippen LogP) is 16.7. The molecule has 2 aromatic heterocycles. The average molecular weight is 775 g/mol. The predicted molar refractivity (Wildman–Crippen MR) is 244 cm³/mol. The molecule has 0 fully saturated rings. The zero-order valence-corrected chi connectivity index (χ0v) is 38.0. The zero-order chi connectivity index (χ0) is 40.4. The maximum absolute atomic E-state index is 14.0. The van der Waals surface area contributed by atoms with Gasteiger partial charge in [-0.3, -0.25) is 4.79 Å². The van der Waals surface area contributed by atoms with Gasteiger partial charge in [0.15, 0.2) is 5.78 Å². The molecule has 1 N–H and O–H groups in total. The smallest absolute Gasteiger partial charge is 0.184 e. The summed E-state index contributed by atoms with van der Waals surface area (Å²) in [5.41, 5.74) is 7.14. The van der Waals surface area contributed by atoms with Crippen molar-refractivity contribution in [2.24, 2.45) is 0 Å². The second-order valence-corrected chi connectivity index (χ2v) is 18.1. The molecule has 0 saturated carbocycles. The highest BCUT2D eigenvalue weighted by Gasteiger charge is 2.45. The monoisotopic (exact) mass is 775 g/mol. The van der Waals surface area contributed by atoms with Crippen LogP contribution in [-0.2, 0) is 17.9 Å². The Kier molecular flexibility index (Phi) is 25.0. The maximum atomic E-state index is 14.0. The summed E-state index contributed by atoms with van der Waals surface area (Å²) in [5.74, 6) is -0.163. The van der Waals surface area contributed by atoms with Crippen LogP contribution in [0.15, 0.2) is 17.9 Å². The highest BCUT2D eigenvalue weighted by molar-refractivity contribution is 6.31. The summed E-state index contributed by atoms with van der Waals surface area (Å²) >= 11 is 0. The first-order valence-corrected chi connectivity index (χ1v) is 24.6. The lowest BCUT2D eigenvalue weighted by molar-refractivity contribution is -0.117. The van der Waals surface area contributed by atoms with E-state index in [1.165, 1.54) is 204 Å². The van der Waals surface area contributed by atoms with E-state index < -0.39 is 5.92 Å². The Morgan fingerprint density at radius 2 is 0.750 bits per heavy atom. The molecule has 0 radical (unpaired) electrons. The topological polar surface area (TPSA) is 47.2 Å². The van der Waals surface area contributed by atoms with Crippen LogP contribution in [0.3, 0.4) is 0 Å². The Morgan fingerprint density at radius 3 is 1.11 bits per heavy atom. The number of hydrogen-bond acceptors (Lipinski definition) is 2. The number of carbonyl (C=O) groups excluding carboxylic acids is 1. The number of hydrogen-bond donors (Lipinski definition) is 1. The van der Waals surface area contributed by atoms with Gasteiger partial charge in [-0.05, 0) is 63.8 Å². The van der Waals surface area contributed by atoms with Crippen LogP contribution < -0.4 is 0 Å². The van der Waals surface area contributed by atoms with Crippen LogP contribution in [0.4, 0.5) is 0 Å². The molecular formula is C52H90N2O2. The van der Waals surface area contributed by atoms with E-state index in [1.54, 1.807) is 0 Å². The summed E-state index contributed by atoms with van der Waals surface area (Å²) in [6.07, 6.45) is 43.7. The number of nitrogens with zero attached hydrogens (tertiary/aromatic N) is 2. The quantitative estimate of drug-likeness (QED) is 0.0701. The summed E-state index contributed by atoms with van der Waals surface area (Å²) < 4.78 is 4.65. The maximum Gasteiger partial charge on any atom is 0.184 e. The molecule has 2 heterocycles. The average Bonchev–Trinajstić information content (AvgIpc) is 3.61. The molecule has 3 rings (SSSR count). The van der Waals surface area contributed by atoms with Gasteiger partial charge >= 0.3 is 0 Å². The van der Waals surface area contributed by atoms with Crippen LogP contribution in [0.2, 0.25) is 0 Å². The minimum atomic E-state index is -0.529. The van der Waals surface area contributed by atoms with Crippen molar-refractivity contribution in [2.45, 2.75) is 266 Å². The van der Waals surface area contributed by atoms with Crippen molar-refractivity contribution in [1.82, 2.24) is 9.13 Å². The third-order valence-corrected chi connectivity index (χ3v) is 13.1. The minimum absolute atomic E-state index is 0.0892. The van der Waals surface area contributed by atoms with Crippen molar-refractivity contribution in [2.75, 3.05) is 0 Å². The normalized spacial score (nSPS) is 14.4. The van der Waals surface area contributed by atoms with Gasteiger partial charge in [0.05, 0.1) is 11.3 Å². The van der Waals surface area contributed by atoms with Crippen LogP contribution in [0.5, 0.6) is 0 Å². The standard InChI is InChI=1S/C52H90N2O2/c1-7-9-11-13-15-17-19-21-23-25-27-29-31-33-35-37-39-53-45(5)41-43(3)49(53)47-51(55)48(52(47)56)50-44(4)42-46(6)54(50)40-38-36-34-32-30-28-26-24-22-20-18-16-14-12-10-8-2/h41-42,47,55H,7-40H2,1-6H3. The molecule has 56 heavy (non-hydrogen) atoms. The van der Waals surface area contributed by atoms with Crippen LogP contribution in [0.1, 0.15) is 259 Å². The van der Waals surface area contributed by atoms with Gasteiger partial charge in [0, 0.05) is 30.2 Å². The molecule has 0 saturated heterocycles. The van der Waals surface area contributed by atoms with Crippen molar-refractivity contribution >= 4 is 11.4 Å². The Balaban J connectivity index is 1.35. The number of Topliss-reactive ketones (excluding diaryl/α,β-unsaturated/α-hetero) is 1. The molecule has 1 unspecified atom stereocenters. The van der Waals surface area contributed by atoms with E-state index >= 15 is 0 Å². The van der Waals surface area contributed by atoms with Crippen LogP contribution in [0, 0.1) is 27.7 Å². The molecule has 0 bridgehead atoms. The van der Waals surface area contributed by atoms with Crippen molar-refractivity contribution in [3.63, 3.8) is 0 Å². The van der Waals surface area contributed by atoms with E-state index in [4.69, 9.17) is 0 Å². The molecule has 0 amide bonds. The lowest BCUT2D eigenvalue weighted by Crippen LogP contribution is -2.32. The van der Waals surface area contributed by atoms with Crippen LogP contribution >= 0.6 is 0 Å². The number of aryl methyl sites for hydroxylation is 4. The van der Waals surface area contributed by atoms with Crippen LogP contribution in [-0.4, -0.2) is 20.0 Å². The van der Waals surface area contributed by atoms with Gasteiger partial charge in [-0.1, -0.05) is 206 Å². The van der Waals surface area contributed by atoms with Gasteiger partial charge in [-0.15, -0.1) is 0 Å². The second kappa shape index (κ2) is 29.1. The molecule has 2 aromatic rings. The first-order valence-electron chi connectivity index (χ1n) is 24.6. The minimum Gasteiger partial charge on any atom is -0.510 e. The van der Waals surface area contributed by atoms with E-state index in [-0.39, 0.29) is 11.5 Å². The van der Waals surface area contributed by atoms with E-state index in [9.17, 15) is 9.90 Å². The fourth-order valence-corrected chi connectivity index (χ4v) is 9.61. The molecule has 0 aromatic carbocycles. The molecule has 0 spiro atoms. The van der Waals surface area contributed by atoms with E-state index in [0.29, 0.717) is 5.57 Å². The number of carbonyl (C=O) groups is 1. The summed E-state index contributed by atoms with van der Waals surface area (Å²) in [6.45, 7) is 14.9. The highest BCUT2D eigenvalue weighted by Crippen LogP contribution is 2.46. The number of ketones is 1. The zero-order valence-electron chi connectivity index (χ0n) is 38.0. The van der Waals surface area contributed by atoms with E-state index in [2.05, 4.69) is 62.8 Å². The van der Waals surface area contributed by atoms with Gasteiger partial charge in [0.1, 0.15) is 11.7 Å². The summed E-state index contributed by atoms with van der Waals surface area (Å²) in [5, 5.41) is 11.6. The number of rotatable bonds is 36. The molecular weight excluding hydrogens is 685 g/mol. The SMILES string of the molecule is CCCCCCCCCCCCCCCCCCn1c(C)cc(C)c1C1=C(O)C(c2c(C)cc(C)n2CCCCCCCCCCCCCCCCCC)C1=O. The van der Waals surface area contributed by atoms with Crippen molar-refractivity contribution < 1.29 is 9.90 Å². The van der Waals surface area contributed by atoms with Crippen molar-refractivity contribution in [3.8, 4) is 0 Å². The molecule has 0 aliphatic heterocycles. The van der Waals surface area contributed by atoms with Gasteiger partial charge in [0.2, 0.25) is 0 Å². The van der Waals surface area contributed by atoms with Gasteiger partial charge in [0.25, 0.3) is 0 Å². The van der Waals surface area contributed by atoms with Crippen LogP contribution in [0.25, 0.3) is 5.57 Å². The third kappa shape index (κ3) is 16.6. The number of aromatic nitrogens is 2. The van der Waals surface area contributed by atoms with Crippen molar-refractivity contribution in [1.29, 1.82) is 0 Å². The molecule has 4 nitrogen and oxygen atoms in total. The fourth-order valence-electron chi connectivity index (χ4n) is 9.61. The molecule has 4 heteroatoms. The van der Waals surface area contributed by atoms with Gasteiger partial charge < -0.3 is 14.2 Å². The highest BCUT2D eigenvalue weighted by atomic mass is 16.3. The Labute approximate surface area is 347 Å². The lowest BCUT2D eigenvalue weighted by atomic mass is 9.77. The number of aliphatic hydroxyl groups excluding tert-OH is 1. The Morgan fingerprint density at radius 1 is 0.446 bits per heavy atom. The van der Waals surface area contributed by atoms with E-state index in [0.717, 1.165) is 48.4 Å². The summed E-state index contributed by atoms with van der Waals surface area (Å²) in [7, 11) is 0. The molecule has 1 atom stereocenters. The summed E-state index contributed by atoms with van der Waals surface area (Å²) in [6, 6.07) is 4.40. The second-order valence-electron chi connectivity index (χ2n) is 18.1. The number of allylic oxidation sites excluding steroid dienone is 2. The molecule has 320 valence electrons. The number of unbranched alkanes of at least 4 members (excludes halogenated alkanes) is 30. The fraction of sp³-hybridized carbons (Fsp3) is 0.788. The Bertz CT molecular complexity index is 1380. The summed E-state index contributed by atoms with van der Waals surface area (Å²) in [4.78, 5) is 14.0. The number of aliphatic hydroxyl groups is 1. The van der Waals surface area contributed by atoms with Crippen molar-refractivity contribution in [3.05, 3.63) is 51.8 Å². The third-order valence-electron chi connectivity index (χ3n) is 13.1. The van der Waals surface area contributed by atoms with Gasteiger partial charge in [-0.25, -0.2) is 0 Å². The molecule has 1 aliphatic carbocycles. The van der Waals surface area contributed by atoms with Gasteiger partial charge in [-0.2, -0.15) is 0 Å². The van der Waals surface area contributed by atoms with E-state index in [1.807, 2.05) is 0 Å². The largest absolute Gasteiger partial charge is 0.510 e. The Hall–Kier alpha value is -2.23. The molecule has 1 aliphatic rings. The first-order chi connectivity index (χ1) is 27.3. The first kappa shape index (κ1) is 48.1.